The number of carbonyl (C=O) groups is 1. The van der Waals surface area contributed by atoms with Crippen LogP contribution >= 0.6 is 11.3 Å². The Kier molecular flexibility index (Phi) is 5.50. The Morgan fingerprint density at radius 3 is 2.86 bits per heavy atom. The molecule has 0 spiro atoms. The first kappa shape index (κ1) is 15.7. The summed E-state index contributed by atoms with van der Waals surface area (Å²) >= 11 is 1.67. The lowest BCUT2D eigenvalue weighted by Crippen LogP contribution is -2.33. The molecule has 0 aliphatic heterocycles. The molecule has 0 aliphatic carbocycles. The summed E-state index contributed by atoms with van der Waals surface area (Å²) in [4.78, 5) is 16.6. The monoisotopic (exact) mass is 306 g/mol. The van der Waals surface area contributed by atoms with Crippen LogP contribution in [-0.2, 0) is 17.8 Å². The van der Waals surface area contributed by atoms with Crippen LogP contribution in [0.2, 0.25) is 0 Å². The zero-order valence-electron chi connectivity index (χ0n) is 12.7. The van der Waals surface area contributed by atoms with Gasteiger partial charge >= 0.3 is 0 Å². The van der Waals surface area contributed by atoms with Crippen molar-refractivity contribution in [1.29, 1.82) is 0 Å². The number of carbonyl (C=O) groups excluding carboxylic acids is 1. The number of amides is 1. The Hall–Kier alpha value is -1.69. The predicted octanol–water partition coefficient (Wildman–Crippen LogP) is 2.46. The molecule has 1 amide bonds. The average Bonchev–Trinajstić information content (AvgIpc) is 3.09. The van der Waals surface area contributed by atoms with E-state index in [2.05, 4.69) is 34.6 Å². The number of aromatic nitrogens is 3. The van der Waals surface area contributed by atoms with Crippen molar-refractivity contribution in [2.24, 2.45) is 5.92 Å². The Morgan fingerprint density at radius 1 is 1.43 bits per heavy atom. The Balaban J connectivity index is 1.73. The highest BCUT2D eigenvalue weighted by atomic mass is 32.1. The molecular weight excluding hydrogens is 284 g/mol. The van der Waals surface area contributed by atoms with Crippen molar-refractivity contribution < 1.29 is 4.79 Å². The van der Waals surface area contributed by atoms with Crippen molar-refractivity contribution >= 4 is 17.2 Å². The SMILES string of the molecule is CC(C)c1csc(CCNC(=O)[C@H](C)Cn2cccn2)n1. The van der Waals surface area contributed by atoms with Crippen LogP contribution in [0.3, 0.4) is 0 Å². The van der Waals surface area contributed by atoms with Gasteiger partial charge < -0.3 is 5.32 Å². The first-order valence-electron chi connectivity index (χ1n) is 7.25. The summed E-state index contributed by atoms with van der Waals surface area (Å²) in [5, 5.41) is 10.3. The van der Waals surface area contributed by atoms with Crippen LogP contribution in [-0.4, -0.2) is 27.2 Å². The number of rotatable bonds is 7. The fourth-order valence-electron chi connectivity index (χ4n) is 1.94. The van der Waals surface area contributed by atoms with Crippen molar-refractivity contribution in [3.63, 3.8) is 0 Å². The van der Waals surface area contributed by atoms with Crippen molar-refractivity contribution in [1.82, 2.24) is 20.1 Å². The van der Waals surface area contributed by atoms with Crippen molar-refractivity contribution in [3.8, 4) is 0 Å². The Labute approximate surface area is 129 Å². The maximum atomic E-state index is 12.0. The van der Waals surface area contributed by atoms with Gasteiger partial charge in [0.05, 0.1) is 23.2 Å². The predicted molar refractivity (Wildman–Crippen MR) is 84.3 cm³/mol. The Bertz CT molecular complexity index is 562. The first-order chi connectivity index (χ1) is 10.1. The Morgan fingerprint density at radius 2 is 2.24 bits per heavy atom. The third-order valence-electron chi connectivity index (χ3n) is 3.27. The summed E-state index contributed by atoms with van der Waals surface area (Å²) in [5.74, 6) is 0.428. The van der Waals surface area contributed by atoms with E-state index in [-0.39, 0.29) is 11.8 Å². The molecule has 1 atom stereocenters. The van der Waals surface area contributed by atoms with Crippen LogP contribution in [0.15, 0.2) is 23.8 Å². The second-order valence-electron chi connectivity index (χ2n) is 5.49. The number of hydrogen-bond donors (Lipinski definition) is 1. The minimum atomic E-state index is -0.0904. The molecule has 2 rings (SSSR count). The van der Waals surface area contributed by atoms with Crippen LogP contribution in [0, 0.1) is 5.92 Å². The van der Waals surface area contributed by atoms with Gasteiger partial charge in [-0.15, -0.1) is 11.3 Å². The molecule has 2 aromatic heterocycles. The van der Waals surface area contributed by atoms with Gasteiger partial charge in [0, 0.05) is 30.7 Å². The highest BCUT2D eigenvalue weighted by Crippen LogP contribution is 2.17. The van der Waals surface area contributed by atoms with Gasteiger partial charge in [0.15, 0.2) is 0 Å². The van der Waals surface area contributed by atoms with Gasteiger partial charge in [0.2, 0.25) is 5.91 Å². The third kappa shape index (κ3) is 4.67. The molecular formula is C15H22N4OS. The molecule has 6 heteroatoms. The van der Waals surface area contributed by atoms with E-state index < -0.39 is 0 Å². The van der Waals surface area contributed by atoms with Gasteiger partial charge in [-0.05, 0) is 12.0 Å². The number of hydrogen-bond acceptors (Lipinski definition) is 4. The smallest absolute Gasteiger partial charge is 0.224 e. The maximum absolute atomic E-state index is 12.0. The lowest BCUT2D eigenvalue weighted by atomic mass is 10.1. The summed E-state index contributed by atoms with van der Waals surface area (Å²) in [6.45, 7) is 7.42. The standard InChI is InChI=1S/C15H22N4OS/c1-11(2)13-10-21-14(18-13)5-7-16-15(20)12(3)9-19-8-4-6-17-19/h4,6,8,10-12H,5,7,9H2,1-3H3,(H,16,20)/t12-/m1/s1. The van der Waals surface area contributed by atoms with E-state index in [0.717, 1.165) is 17.1 Å². The van der Waals surface area contributed by atoms with Crippen LogP contribution in [0.25, 0.3) is 0 Å². The molecule has 0 unspecified atom stereocenters. The second kappa shape index (κ2) is 7.36. The summed E-state index contributed by atoms with van der Waals surface area (Å²) < 4.78 is 1.78. The van der Waals surface area contributed by atoms with E-state index in [1.54, 1.807) is 22.2 Å². The fourth-order valence-corrected chi connectivity index (χ4v) is 2.90. The van der Waals surface area contributed by atoms with Gasteiger partial charge in [0.1, 0.15) is 0 Å². The van der Waals surface area contributed by atoms with Crippen LogP contribution in [0.1, 0.15) is 37.4 Å². The molecule has 2 aromatic rings. The molecule has 114 valence electrons. The molecule has 0 aliphatic rings. The molecule has 0 fully saturated rings. The largest absolute Gasteiger partial charge is 0.355 e. The second-order valence-corrected chi connectivity index (χ2v) is 6.43. The molecule has 0 aromatic carbocycles. The van der Waals surface area contributed by atoms with E-state index in [1.165, 1.54) is 0 Å². The van der Waals surface area contributed by atoms with Crippen LogP contribution in [0.4, 0.5) is 0 Å². The quantitative estimate of drug-likeness (QED) is 0.855. The fraction of sp³-hybridized carbons (Fsp3) is 0.533. The third-order valence-corrected chi connectivity index (χ3v) is 4.19. The number of nitrogens with one attached hydrogen (secondary N) is 1. The van der Waals surface area contributed by atoms with Gasteiger partial charge in [-0.3, -0.25) is 9.48 Å². The highest BCUT2D eigenvalue weighted by Gasteiger charge is 2.13. The van der Waals surface area contributed by atoms with Gasteiger partial charge in [-0.1, -0.05) is 20.8 Å². The van der Waals surface area contributed by atoms with E-state index >= 15 is 0 Å². The van der Waals surface area contributed by atoms with Crippen molar-refractivity contribution in [2.75, 3.05) is 6.54 Å². The summed E-state index contributed by atoms with van der Waals surface area (Å²) in [5.41, 5.74) is 1.13. The van der Waals surface area contributed by atoms with Crippen molar-refractivity contribution in [3.05, 3.63) is 34.5 Å². The van der Waals surface area contributed by atoms with Gasteiger partial charge in [0.25, 0.3) is 0 Å². The summed E-state index contributed by atoms with van der Waals surface area (Å²) in [6, 6.07) is 1.86. The zero-order chi connectivity index (χ0) is 15.2. The lowest BCUT2D eigenvalue weighted by Gasteiger charge is -2.11. The molecule has 1 N–H and O–H groups in total. The van der Waals surface area contributed by atoms with E-state index in [0.29, 0.717) is 19.0 Å². The van der Waals surface area contributed by atoms with E-state index in [9.17, 15) is 4.79 Å². The molecule has 0 saturated heterocycles. The molecule has 2 heterocycles. The zero-order valence-corrected chi connectivity index (χ0v) is 13.6. The van der Waals surface area contributed by atoms with Crippen LogP contribution in [0.5, 0.6) is 0 Å². The minimum Gasteiger partial charge on any atom is -0.355 e. The summed E-state index contributed by atoms with van der Waals surface area (Å²) in [6.07, 6.45) is 4.38. The van der Waals surface area contributed by atoms with Gasteiger partial charge in [-0.2, -0.15) is 5.10 Å². The number of thiazole rings is 1. The normalized spacial score (nSPS) is 12.6. The average molecular weight is 306 g/mol. The molecule has 21 heavy (non-hydrogen) atoms. The number of nitrogens with zero attached hydrogens (tertiary/aromatic N) is 3. The molecule has 0 saturated carbocycles. The summed E-state index contributed by atoms with van der Waals surface area (Å²) in [7, 11) is 0. The lowest BCUT2D eigenvalue weighted by molar-refractivity contribution is -0.124. The van der Waals surface area contributed by atoms with Crippen LogP contribution < -0.4 is 5.32 Å². The molecule has 0 radical (unpaired) electrons. The minimum absolute atomic E-state index is 0.0612. The van der Waals surface area contributed by atoms with E-state index in [1.807, 2.05) is 19.2 Å². The first-order valence-corrected chi connectivity index (χ1v) is 8.13. The maximum Gasteiger partial charge on any atom is 0.224 e. The van der Waals surface area contributed by atoms with Crippen molar-refractivity contribution in [2.45, 2.75) is 39.7 Å². The topological polar surface area (TPSA) is 59.8 Å². The highest BCUT2D eigenvalue weighted by molar-refractivity contribution is 7.09. The molecule has 0 bridgehead atoms. The van der Waals surface area contributed by atoms with Gasteiger partial charge in [-0.25, -0.2) is 4.98 Å². The molecule has 5 nitrogen and oxygen atoms in total. The van der Waals surface area contributed by atoms with E-state index in [4.69, 9.17) is 0 Å².